The minimum atomic E-state index is -0.239. The lowest BCUT2D eigenvalue weighted by atomic mass is 10.2. The van der Waals surface area contributed by atoms with E-state index < -0.39 is 0 Å². The first-order valence-electron chi connectivity index (χ1n) is 7.42. The zero-order chi connectivity index (χ0) is 15.5. The van der Waals surface area contributed by atoms with Crippen LogP contribution in [0.3, 0.4) is 0 Å². The highest BCUT2D eigenvalue weighted by molar-refractivity contribution is 5.94. The first-order chi connectivity index (χ1) is 10.2. The molecule has 0 saturated heterocycles. The molecule has 1 rings (SSSR count). The molecular formula is C16H25NO4. The van der Waals surface area contributed by atoms with Crippen molar-refractivity contribution >= 4 is 5.91 Å². The van der Waals surface area contributed by atoms with Crippen molar-refractivity contribution in [2.75, 3.05) is 26.9 Å². The van der Waals surface area contributed by atoms with Crippen molar-refractivity contribution in [2.45, 2.75) is 32.6 Å². The average Bonchev–Trinajstić information content (AvgIpc) is 2.52. The number of hydrogen-bond donors (Lipinski definition) is 2. The molecule has 0 spiro atoms. The summed E-state index contributed by atoms with van der Waals surface area (Å²) < 4.78 is 11.0. The number of rotatable bonds is 10. The highest BCUT2D eigenvalue weighted by Crippen LogP contribution is 2.28. The highest BCUT2D eigenvalue weighted by Gasteiger charge is 2.10. The summed E-state index contributed by atoms with van der Waals surface area (Å²) >= 11 is 0. The molecule has 1 amide bonds. The van der Waals surface area contributed by atoms with Crippen LogP contribution in [0, 0.1) is 0 Å². The molecule has 0 aliphatic heterocycles. The quantitative estimate of drug-likeness (QED) is 0.650. The van der Waals surface area contributed by atoms with Crippen LogP contribution in [0.4, 0.5) is 0 Å². The second kappa shape index (κ2) is 10.0. The van der Waals surface area contributed by atoms with E-state index in [1.807, 2.05) is 0 Å². The van der Waals surface area contributed by atoms with Crippen molar-refractivity contribution in [3.05, 3.63) is 23.8 Å². The number of hydrogen-bond acceptors (Lipinski definition) is 4. The minimum absolute atomic E-state index is 0.0815. The molecule has 0 fully saturated rings. The number of carbonyl (C=O) groups is 1. The van der Waals surface area contributed by atoms with Gasteiger partial charge >= 0.3 is 0 Å². The van der Waals surface area contributed by atoms with Gasteiger partial charge in [0.25, 0.3) is 5.91 Å². The Morgan fingerprint density at radius 1 is 1.24 bits per heavy atom. The molecule has 0 bridgehead atoms. The molecule has 5 nitrogen and oxygen atoms in total. The van der Waals surface area contributed by atoms with Crippen LogP contribution in [-0.2, 0) is 0 Å². The summed E-state index contributed by atoms with van der Waals surface area (Å²) in [6.45, 7) is 2.97. The van der Waals surface area contributed by atoms with E-state index in [1.54, 1.807) is 25.3 Å². The Labute approximate surface area is 126 Å². The van der Waals surface area contributed by atoms with Crippen LogP contribution in [0.25, 0.3) is 0 Å². The number of benzene rings is 1. The van der Waals surface area contributed by atoms with E-state index >= 15 is 0 Å². The molecule has 1 aromatic carbocycles. The third-order valence-corrected chi connectivity index (χ3v) is 3.08. The highest BCUT2D eigenvalue weighted by atomic mass is 16.5. The van der Waals surface area contributed by atoms with Crippen LogP contribution >= 0.6 is 0 Å². The molecule has 0 heterocycles. The molecule has 1 aromatic rings. The standard InChI is InChI=1S/C16H25NO4/c1-3-4-5-6-11-21-14-8-7-13(12-15(14)20-2)16(19)17-9-10-18/h7-8,12,18H,3-6,9-11H2,1-2H3,(H,17,19). The Morgan fingerprint density at radius 2 is 2.05 bits per heavy atom. The number of aliphatic hydroxyl groups is 1. The summed E-state index contributed by atoms with van der Waals surface area (Å²) in [5.74, 6) is 0.951. The number of nitrogens with one attached hydrogen (secondary N) is 1. The molecule has 2 N–H and O–H groups in total. The molecule has 118 valence electrons. The van der Waals surface area contributed by atoms with Gasteiger partial charge in [0.05, 0.1) is 20.3 Å². The fourth-order valence-electron chi connectivity index (χ4n) is 1.91. The van der Waals surface area contributed by atoms with Gasteiger partial charge in [-0.25, -0.2) is 0 Å². The van der Waals surface area contributed by atoms with Gasteiger partial charge in [-0.05, 0) is 24.6 Å². The molecule has 21 heavy (non-hydrogen) atoms. The Morgan fingerprint density at radius 3 is 2.71 bits per heavy atom. The van der Waals surface area contributed by atoms with Crippen molar-refractivity contribution < 1.29 is 19.4 Å². The van der Waals surface area contributed by atoms with Gasteiger partial charge in [0.1, 0.15) is 0 Å². The summed E-state index contributed by atoms with van der Waals surface area (Å²) in [6.07, 6.45) is 4.57. The first-order valence-corrected chi connectivity index (χ1v) is 7.42. The summed E-state index contributed by atoms with van der Waals surface area (Å²) in [5.41, 5.74) is 0.485. The normalized spacial score (nSPS) is 10.2. The van der Waals surface area contributed by atoms with Crippen molar-refractivity contribution in [1.82, 2.24) is 5.32 Å². The second-order valence-electron chi connectivity index (χ2n) is 4.75. The Balaban J connectivity index is 2.59. The molecule has 0 saturated carbocycles. The van der Waals surface area contributed by atoms with Crippen LogP contribution in [0.5, 0.6) is 11.5 Å². The third kappa shape index (κ3) is 6.04. The van der Waals surface area contributed by atoms with Gasteiger partial charge in [0.2, 0.25) is 0 Å². The van der Waals surface area contributed by atoms with E-state index in [4.69, 9.17) is 14.6 Å². The van der Waals surface area contributed by atoms with Crippen LogP contribution in [0.1, 0.15) is 43.0 Å². The number of carbonyl (C=O) groups excluding carboxylic acids is 1. The maximum atomic E-state index is 11.8. The topological polar surface area (TPSA) is 67.8 Å². The zero-order valence-electron chi connectivity index (χ0n) is 12.9. The van der Waals surface area contributed by atoms with Crippen molar-refractivity contribution in [2.24, 2.45) is 0 Å². The van der Waals surface area contributed by atoms with Crippen LogP contribution < -0.4 is 14.8 Å². The van der Waals surface area contributed by atoms with Gasteiger partial charge in [0.15, 0.2) is 11.5 Å². The predicted octanol–water partition coefficient (Wildman–Crippen LogP) is 2.38. The van der Waals surface area contributed by atoms with E-state index in [-0.39, 0.29) is 19.1 Å². The number of methoxy groups -OCH3 is 1. The molecule has 0 atom stereocenters. The second-order valence-corrected chi connectivity index (χ2v) is 4.75. The van der Waals surface area contributed by atoms with E-state index in [9.17, 15) is 4.79 Å². The monoisotopic (exact) mass is 295 g/mol. The summed E-state index contributed by atoms with van der Waals surface area (Å²) in [4.78, 5) is 11.8. The summed E-state index contributed by atoms with van der Waals surface area (Å²) in [6, 6.07) is 5.08. The molecule has 0 radical (unpaired) electrons. The number of ether oxygens (including phenoxy) is 2. The minimum Gasteiger partial charge on any atom is -0.493 e. The molecular weight excluding hydrogens is 270 g/mol. The number of aliphatic hydroxyl groups excluding tert-OH is 1. The first kappa shape index (κ1) is 17.3. The van der Waals surface area contributed by atoms with Gasteiger partial charge in [-0.2, -0.15) is 0 Å². The van der Waals surface area contributed by atoms with E-state index in [2.05, 4.69) is 12.2 Å². The van der Waals surface area contributed by atoms with E-state index in [1.165, 1.54) is 12.8 Å². The van der Waals surface area contributed by atoms with Crippen molar-refractivity contribution in [3.8, 4) is 11.5 Å². The van der Waals surface area contributed by atoms with Gasteiger partial charge in [-0.15, -0.1) is 0 Å². The van der Waals surface area contributed by atoms with Gasteiger partial charge in [-0.1, -0.05) is 26.2 Å². The van der Waals surface area contributed by atoms with E-state index in [0.717, 1.165) is 12.8 Å². The third-order valence-electron chi connectivity index (χ3n) is 3.08. The predicted molar refractivity (Wildman–Crippen MR) is 82.1 cm³/mol. The Hall–Kier alpha value is -1.75. The number of unbranched alkanes of at least 4 members (excludes halogenated alkanes) is 3. The lowest BCUT2D eigenvalue weighted by Crippen LogP contribution is -2.26. The fourth-order valence-corrected chi connectivity index (χ4v) is 1.91. The van der Waals surface area contributed by atoms with Gasteiger partial charge in [0, 0.05) is 12.1 Å². The maximum absolute atomic E-state index is 11.8. The van der Waals surface area contributed by atoms with Gasteiger partial charge in [-0.3, -0.25) is 4.79 Å². The Kier molecular flexibility index (Phi) is 8.28. The maximum Gasteiger partial charge on any atom is 0.251 e. The van der Waals surface area contributed by atoms with Crippen molar-refractivity contribution in [3.63, 3.8) is 0 Å². The lowest BCUT2D eigenvalue weighted by molar-refractivity contribution is 0.0944. The smallest absolute Gasteiger partial charge is 0.251 e. The van der Waals surface area contributed by atoms with Crippen molar-refractivity contribution in [1.29, 1.82) is 0 Å². The lowest BCUT2D eigenvalue weighted by Gasteiger charge is -2.12. The zero-order valence-corrected chi connectivity index (χ0v) is 12.9. The number of amides is 1. The summed E-state index contributed by atoms with van der Waals surface area (Å²) in [7, 11) is 1.55. The summed E-state index contributed by atoms with van der Waals surface area (Å²) in [5, 5.41) is 11.3. The largest absolute Gasteiger partial charge is 0.493 e. The van der Waals surface area contributed by atoms with E-state index in [0.29, 0.717) is 23.7 Å². The van der Waals surface area contributed by atoms with Crippen LogP contribution in [-0.4, -0.2) is 37.9 Å². The van der Waals surface area contributed by atoms with Crippen LogP contribution in [0.2, 0.25) is 0 Å². The van der Waals surface area contributed by atoms with Crippen LogP contribution in [0.15, 0.2) is 18.2 Å². The molecule has 0 aliphatic carbocycles. The SMILES string of the molecule is CCCCCCOc1ccc(C(=O)NCCO)cc1OC. The fraction of sp³-hybridized carbons (Fsp3) is 0.562. The molecule has 0 unspecified atom stereocenters. The molecule has 0 aromatic heterocycles. The average molecular weight is 295 g/mol. The molecule has 5 heteroatoms. The van der Waals surface area contributed by atoms with Gasteiger partial charge < -0.3 is 19.9 Å². The molecule has 0 aliphatic rings. The Bertz CT molecular complexity index is 434.